The van der Waals surface area contributed by atoms with Crippen molar-refractivity contribution >= 4 is 57.5 Å². The predicted molar refractivity (Wildman–Crippen MR) is 126 cm³/mol. The van der Waals surface area contributed by atoms with E-state index in [0.717, 1.165) is 21.4 Å². The lowest BCUT2D eigenvalue weighted by atomic mass is 9.92. The lowest BCUT2D eigenvalue weighted by Crippen LogP contribution is -2.44. The number of hydrogen-bond donors (Lipinski definition) is 1. The lowest BCUT2D eigenvalue weighted by Gasteiger charge is -2.26. The average molecular weight is 470 g/mol. The molecular formula is C24H21Cl2N3O3. The summed E-state index contributed by atoms with van der Waals surface area (Å²) in [6.07, 6.45) is 0. The van der Waals surface area contributed by atoms with Gasteiger partial charge in [-0.05, 0) is 37.4 Å². The first kappa shape index (κ1) is 22.1. The van der Waals surface area contributed by atoms with Crippen LogP contribution in [0.4, 0.5) is 10.5 Å². The molecule has 1 heterocycles. The lowest BCUT2D eigenvalue weighted by molar-refractivity contribution is -0.134. The van der Waals surface area contributed by atoms with Gasteiger partial charge < -0.3 is 10.2 Å². The minimum absolute atomic E-state index is 0.257. The summed E-state index contributed by atoms with van der Waals surface area (Å²) >= 11 is 12.3. The van der Waals surface area contributed by atoms with Crippen LogP contribution in [0.25, 0.3) is 10.8 Å². The Labute approximate surface area is 195 Å². The standard InChI is InChI=1S/C24H21Cl2N3O3/c1-3-28(20-10-6-8-15-7-4-5-9-17(15)20)21(30)14-29-22(31)24(2,27-23(29)32)18-12-11-16(25)13-19(18)26/h4-13H,3,14H2,1-2H3,(H,27,32). The molecule has 8 heteroatoms. The Kier molecular flexibility index (Phi) is 5.84. The van der Waals surface area contributed by atoms with E-state index in [9.17, 15) is 14.4 Å². The Morgan fingerprint density at radius 1 is 1.06 bits per heavy atom. The molecule has 1 unspecified atom stereocenters. The molecule has 0 spiro atoms. The van der Waals surface area contributed by atoms with Crippen LogP contribution in [0, 0.1) is 0 Å². The second-order valence-corrected chi connectivity index (χ2v) is 8.55. The maximum atomic E-state index is 13.3. The topological polar surface area (TPSA) is 69.7 Å². The Bertz CT molecular complexity index is 1240. The summed E-state index contributed by atoms with van der Waals surface area (Å²) in [5, 5.41) is 5.26. The molecular weight excluding hydrogens is 449 g/mol. The molecule has 1 N–H and O–H groups in total. The molecule has 1 atom stereocenters. The normalized spacial score (nSPS) is 18.2. The summed E-state index contributed by atoms with van der Waals surface area (Å²) in [6.45, 7) is 3.41. The molecule has 3 aromatic carbocycles. The van der Waals surface area contributed by atoms with Gasteiger partial charge in [-0.25, -0.2) is 4.79 Å². The number of rotatable bonds is 5. The highest BCUT2D eigenvalue weighted by Crippen LogP contribution is 2.35. The van der Waals surface area contributed by atoms with Crippen LogP contribution in [-0.4, -0.2) is 35.8 Å². The van der Waals surface area contributed by atoms with E-state index in [1.165, 1.54) is 6.07 Å². The number of fused-ring (bicyclic) bond motifs is 1. The van der Waals surface area contributed by atoms with Crippen molar-refractivity contribution in [2.24, 2.45) is 0 Å². The number of nitrogens with one attached hydrogen (secondary N) is 1. The van der Waals surface area contributed by atoms with Crippen molar-refractivity contribution in [1.82, 2.24) is 10.2 Å². The van der Waals surface area contributed by atoms with Gasteiger partial charge in [0.1, 0.15) is 12.1 Å². The van der Waals surface area contributed by atoms with Gasteiger partial charge in [0.15, 0.2) is 0 Å². The number of anilines is 1. The average Bonchev–Trinajstić information content (AvgIpc) is 2.98. The largest absolute Gasteiger partial charge is 0.325 e. The van der Waals surface area contributed by atoms with E-state index in [0.29, 0.717) is 17.1 Å². The number of urea groups is 1. The van der Waals surface area contributed by atoms with Gasteiger partial charge in [-0.15, -0.1) is 0 Å². The minimum Gasteiger partial charge on any atom is -0.319 e. The van der Waals surface area contributed by atoms with Crippen LogP contribution in [0.15, 0.2) is 60.7 Å². The molecule has 4 rings (SSSR count). The van der Waals surface area contributed by atoms with Crippen molar-refractivity contribution in [2.75, 3.05) is 18.0 Å². The van der Waals surface area contributed by atoms with Crippen molar-refractivity contribution < 1.29 is 14.4 Å². The first-order chi connectivity index (χ1) is 15.3. The zero-order chi connectivity index (χ0) is 23.0. The Morgan fingerprint density at radius 3 is 2.50 bits per heavy atom. The molecule has 3 aromatic rings. The van der Waals surface area contributed by atoms with Crippen molar-refractivity contribution in [3.05, 3.63) is 76.3 Å². The van der Waals surface area contributed by atoms with Gasteiger partial charge in [-0.1, -0.05) is 65.7 Å². The van der Waals surface area contributed by atoms with Crippen LogP contribution in [0.1, 0.15) is 19.4 Å². The Hall–Kier alpha value is -3.09. The zero-order valence-corrected chi connectivity index (χ0v) is 19.1. The fourth-order valence-corrected chi connectivity index (χ4v) is 4.66. The summed E-state index contributed by atoms with van der Waals surface area (Å²) in [7, 11) is 0. The number of carbonyl (C=O) groups is 3. The van der Waals surface area contributed by atoms with Crippen LogP contribution < -0.4 is 10.2 Å². The number of likely N-dealkylation sites (N-methyl/N-ethyl adjacent to an activating group) is 1. The van der Waals surface area contributed by atoms with Gasteiger partial charge in [0, 0.05) is 27.5 Å². The van der Waals surface area contributed by atoms with Gasteiger partial charge in [0.2, 0.25) is 5.91 Å². The van der Waals surface area contributed by atoms with Crippen LogP contribution in [0.3, 0.4) is 0 Å². The maximum absolute atomic E-state index is 13.3. The number of benzene rings is 3. The van der Waals surface area contributed by atoms with E-state index in [4.69, 9.17) is 23.2 Å². The molecule has 1 aliphatic rings. The third kappa shape index (κ3) is 3.70. The molecule has 0 aliphatic carbocycles. The van der Waals surface area contributed by atoms with Crippen LogP contribution in [0.2, 0.25) is 10.0 Å². The van der Waals surface area contributed by atoms with E-state index < -0.39 is 17.5 Å². The number of amides is 4. The molecule has 32 heavy (non-hydrogen) atoms. The van der Waals surface area contributed by atoms with Gasteiger partial charge >= 0.3 is 6.03 Å². The molecule has 0 aromatic heterocycles. The fourth-order valence-electron chi connectivity index (χ4n) is 4.06. The summed E-state index contributed by atoms with van der Waals surface area (Å²) < 4.78 is 0. The summed E-state index contributed by atoms with van der Waals surface area (Å²) in [5.74, 6) is -0.909. The first-order valence-electron chi connectivity index (χ1n) is 10.1. The summed E-state index contributed by atoms with van der Waals surface area (Å²) in [4.78, 5) is 41.7. The summed E-state index contributed by atoms with van der Waals surface area (Å²) in [6, 6.07) is 17.5. The quantitative estimate of drug-likeness (QED) is 0.536. The smallest absolute Gasteiger partial charge is 0.319 e. The molecule has 1 fully saturated rings. The van der Waals surface area contributed by atoms with E-state index in [1.807, 2.05) is 49.4 Å². The molecule has 0 saturated carbocycles. The van der Waals surface area contributed by atoms with E-state index in [-0.39, 0.29) is 17.5 Å². The molecule has 4 amide bonds. The highest BCUT2D eigenvalue weighted by atomic mass is 35.5. The number of imide groups is 1. The number of hydrogen-bond acceptors (Lipinski definition) is 3. The van der Waals surface area contributed by atoms with Crippen molar-refractivity contribution in [2.45, 2.75) is 19.4 Å². The van der Waals surface area contributed by atoms with Crippen molar-refractivity contribution in [3.63, 3.8) is 0 Å². The molecule has 0 radical (unpaired) electrons. The highest BCUT2D eigenvalue weighted by molar-refractivity contribution is 6.35. The molecule has 1 aliphatic heterocycles. The molecule has 0 bridgehead atoms. The van der Waals surface area contributed by atoms with Gasteiger partial charge in [-0.3, -0.25) is 14.5 Å². The first-order valence-corrected chi connectivity index (χ1v) is 10.9. The number of nitrogens with zero attached hydrogens (tertiary/aromatic N) is 2. The van der Waals surface area contributed by atoms with E-state index in [2.05, 4.69) is 5.32 Å². The molecule has 1 saturated heterocycles. The van der Waals surface area contributed by atoms with Crippen molar-refractivity contribution in [1.29, 1.82) is 0 Å². The minimum atomic E-state index is -1.39. The van der Waals surface area contributed by atoms with Crippen molar-refractivity contribution in [3.8, 4) is 0 Å². The van der Waals surface area contributed by atoms with Crippen LogP contribution in [0.5, 0.6) is 0 Å². The van der Waals surface area contributed by atoms with Gasteiger partial charge in [-0.2, -0.15) is 0 Å². The number of carbonyl (C=O) groups excluding carboxylic acids is 3. The second-order valence-electron chi connectivity index (χ2n) is 7.71. The zero-order valence-electron chi connectivity index (χ0n) is 17.6. The van der Waals surface area contributed by atoms with Crippen LogP contribution in [-0.2, 0) is 15.1 Å². The highest BCUT2D eigenvalue weighted by Gasteiger charge is 2.50. The monoisotopic (exact) mass is 469 g/mol. The predicted octanol–water partition coefficient (Wildman–Crippen LogP) is 4.97. The Morgan fingerprint density at radius 2 is 1.78 bits per heavy atom. The summed E-state index contributed by atoms with van der Waals surface area (Å²) in [5.41, 5.74) is -0.250. The van der Waals surface area contributed by atoms with E-state index >= 15 is 0 Å². The Balaban J connectivity index is 1.62. The molecule has 164 valence electrons. The van der Waals surface area contributed by atoms with Gasteiger partial charge in [0.05, 0.1) is 5.69 Å². The van der Waals surface area contributed by atoms with E-state index in [1.54, 1.807) is 24.0 Å². The third-order valence-electron chi connectivity index (χ3n) is 5.71. The second kappa shape index (κ2) is 8.45. The SMILES string of the molecule is CCN(C(=O)CN1C(=O)NC(C)(c2ccc(Cl)cc2Cl)C1=O)c1cccc2ccccc12. The maximum Gasteiger partial charge on any atom is 0.325 e. The molecule has 6 nitrogen and oxygen atoms in total. The fraction of sp³-hybridized carbons (Fsp3) is 0.208. The van der Waals surface area contributed by atoms with Gasteiger partial charge in [0.25, 0.3) is 5.91 Å². The third-order valence-corrected chi connectivity index (χ3v) is 6.26. The number of halogens is 2. The van der Waals surface area contributed by atoms with Crippen LogP contribution >= 0.6 is 23.2 Å².